The molecule has 0 bridgehead atoms. The molecule has 0 amide bonds. The molecule has 9 rings (SSSR count). The highest BCUT2D eigenvalue weighted by Gasteiger charge is 2.20. The summed E-state index contributed by atoms with van der Waals surface area (Å²) in [7, 11) is 0. The first kappa shape index (κ1) is 29.6. The molecule has 1 nitrogen and oxygen atoms in total. The molecular formula is C49H33N. The first-order valence-corrected chi connectivity index (χ1v) is 17.1. The molecule has 0 saturated carbocycles. The molecule has 0 aliphatic heterocycles. The SMILES string of the molecule is c1ccc(-c2ccc(-c3c4ccccc4c(-c4ccc(-c5ccccc5)c(-c5ccccc5)c4)c4cnccc34)cc2-c2ccccc2)cc1. The Kier molecular flexibility index (Phi) is 7.57. The van der Waals surface area contributed by atoms with Gasteiger partial charge in [0.25, 0.3) is 0 Å². The van der Waals surface area contributed by atoms with Crippen LogP contribution in [0.2, 0.25) is 0 Å². The van der Waals surface area contributed by atoms with E-state index < -0.39 is 0 Å². The van der Waals surface area contributed by atoms with Crippen LogP contribution in [0.4, 0.5) is 0 Å². The summed E-state index contributed by atoms with van der Waals surface area (Å²) in [5, 5.41) is 4.76. The molecule has 1 heteroatoms. The van der Waals surface area contributed by atoms with Gasteiger partial charge in [-0.15, -0.1) is 0 Å². The first-order valence-electron chi connectivity index (χ1n) is 17.1. The van der Waals surface area contributed by atoms with Crippen molar-refractivity contribution in [1.29, 1.82) is 0 Å². The Morgan fingerprint density at radius 3 is 1.06 bits per heavy atom. The van der Waals surface area contributed by atoms with E-state index in [4.69, 9.17) is 4.98 Å². The molecular weight excluding hydrogens is 603 g/mol. The molecule has 0 spiro atoms. The maximum atomic E-state index is 4.71. The van der Waals surface area contributed by atoms with E-state index in [0.29, 0.717) is 0 Å². The Labute approximate surface area is 292 Å². The number of pyridine rings is 1. The molecule has 1 aromatic heterocycles. The molecule has 0 fully saturated rings. The van der Waals surface area contributed by atoms with E-state index in [1.807, 2.05) is 12.4 Å². The maximum Gasteiger partial charge on any atom is 0.0353 e. The number of hydrogen-bond acceptors (Lipinski definition) is 1. The van der Waals surface area contributed by atoms with Crippen LogP contribution in [-0.2, 0) is 0 Å². The van der Waals surface area contributed by atoms with Crippen molar-refractivity contribution in [3.63, 3.8) is 0 Å². The Morgan fingerprint density at radius 2 is 0.620 bits per heavy atom. The standard InChI is InChI=1S/C49H33N/c1-5-15-34(16-6-1)40-27-25-38(31-45(40)36-19-9-3-10-20-36)48-42-23-13-14-24-43(42)49(47-33-50-30-29-44(47)48)39-26-28-41(35-17-7-2-8-18-35)46(32-39)37-21-11-4-12-22-37/h1-33H. The molecule has 8 aromatic carbocycles. The van der Waals surface area contributed by atoms with Crippen molar-refractivity contribution in [2.45, 2.75) is 0 Å². The van der Waals surface area contributed by atoms with Crippen LogP contribution in [0, 0.1) is 0 Å². The average molecular weight is 636 g/mol. The third-order valence-corrected chi connectivity index (χ3v) is 9.78. The highest BCUT2D eigenvalue weighted by atomic mass is 14.6. The predicted octanol–water partition coefficient (Wildman–Crippen LogP) is 13.4. The van der Waals surface area contributed by atoms with Crippen LogP contribution in [-0.4, -0.2) is 4.98 Å². The molecule has 1 heterocycles. The summed E-state index contributed by atoms with van der Waals surface area (Å²) in [5.41, 5.74) is 14.5. The molecule has 0 N–H and O–H groups in total. The van der Waals surface area contributed by atoms with Gasteiger partial charge in [-0.2, -0.15) is 0 Å². The number of nitrogens with zero attached hydrogens (tertiary/aromatic N) is 1. The van der Waals surface area contributed by atoms with E-state index in [2.05, 4.69) is 188 Å². The van der Waals surface area contributed by atoms with Gasteiger partial charge in [0.2, 0.25) is 0 Å². The topological polar surface area (TPSA) is 12.9 Å². The van der Waals surface area contributed by atoms with Crippen LogP contribution < -0.4 is 0 Å². The third-order valence-electron chi connectivity index (χ3n) is 9.78. The molecule has 234 valence electrons. The van der Waals surface area contributed by atoms with Crippen molar-refractivity contribution in [2.75, 3.05) is 0 Å². The summed E-state index contributed by atoms with van der Waals surface area (Å²) in [6, 6.07) is 67.8. The summed E-state index contributed by atoms with van der Waals surface area (Å²) >= 11 is 0. The van der Waals surface area contributed by atoms with Crippen molar-refractivity contribution in [2.24, 2.45) is 0 Å². The first-order chi connectivity index (χ1) is 24.8. The van der Waals surface area contributed by atoms with Crippen molar-refractivity contribution in [3.05, 3.63) is 200 Å². The minimum absolute atomic E-state index is 1.14. The lowest BCUT2D eigenvalue weighted by Crippen LogP contribution is -1.94. The van der Waals surface area contributed by atoms with Crippen LogP contribution in [0.5, 0.6) is 0 Å². The van der Waals surface area contributed by atoms with Gasteiger partial charge in [0.05, 0.1) is 0 Å². The van der Waals surface area contributed by atoms with E-state index in [9.17, 15) is 0 Å². The zero-order valence-corrected chi connectivity index (χ0v) is 27.5. The fourth-order valence-electron chi connectivity index (χ4n) is 7.49. The van der Waals surface area contributed by atoms with Gasteiger partial charge < -0.3 is 0 Å². The van der Waals surface area contributed by atoms with Gasteiger partial charge in [0.1, 0.15) is 0 Å². The fourth-order valence-corrected chi connectivity index (χ4v) is 7.49. The smallest absolute Gasteiger partial charge is 0.0353 e. The van der Waals surface area contributed by atoms with Gasteiger partial charge in [-0.05, 0) is 101 Å². The summed E-state index contributed by atoms with van der Waals surface area (Å²) in [5.74, 6) is 0. The molecule has 50 heavy (non-hydrogen) atoms. The van der Waals surface area contributed by atoms with Gasteiger partial charge in [0, 0.05) is 17.8 Å². The fraction of sp³-hybridized carbons (Fsp3) is 0. The van der Waals surface area contributed by atoms with E-state index in [1.165, 1.54) is 82.9 Å². The van der Waals surface area contributed by atoms with E-state index in [1.54, 1.807) is 0 Å². The van der Waals surface area contributed by atoms with Gasteiger partial charge >= 0.3 is 0 Å². The Morgan fingerprint density at radius 1 is 0.260 bits per heavy atom. The molecule has 0 radical (unpaired) electrons. The lowest BCUT2D eigenvalue weighted by atomic mass is 9.83. The normalized spacial score (nSPS) is 11.2. The van der Waals surface area contributed by atoms with E-state index >= 15 is 0 Å². The number of fused-ring (bicyclic) bond motifs is 2. The number of rotatable bonds is 6. The van der Waals surface area contributed by atoms with Gasteiger partial charge in [0.15, 0.2) is 0 Å². The van der Waals surface area contributed by atoms with E-state index in [0.717, 1.165) is 5.39 Å². The predicted molar refractivity (Wildman–Crippen MR) is 212 cm³/mol. The zero-order chi connectivity index (χ0) is 33.3. The number of benzene rings is 8. The second kappa shape index (κ2) is 12.8. The van der Waals surface area contributed by atoms with Crippen molar-refractivity contribution < 1.29 is 0 Å². The van der Waals surface area contributed by atoms with Crippen molar-refractivity contribution in [3.8, 4) is 66.8 Å². The van der Waals surface area contributed by atoms with E-state index in [-0.39, 0.29) is 0 Å². The molecule has 0 atom stereocenters. The Bertz CT molecular complexity index is 2370. The lowest BCUT2D eigenvalue weighted by molar-refractivity contribution is 1.37. The summed E-state index contributed by atoms with van der Waals surface area (Å²) < 4.78 is 0. The van der Waals surface area contributed by atoms with Crippen molar-refractivity contribution in [1.82, 2.24) is 4.98 Å². The summed E-state index contributed by atoms with van der Waals surface area (Å²) in [6.45, 7) is 0. The van der Waals surface area contributed by atoms with Crippen LogP contribution >= 0.6 is 0 Å². The van der Waals surface area contributed by atoms with Crippen LogP contribution in [0.3, 0.4) is 0 Å². The second-order valence-electron chi connectivity index (χ2n) is 12.7. The number of aromatic nitrogens is 1. The quantitative estimate of drug-likeness (QED) is 0.166. The Balaban J connectivity index is 1.31. The molecule has 0 saturated heterocycles. The highest BCUT2D eigenvalue weighted by molar-refractivity contribution is 6.21. The largest absolute Gasteiger partial charge is 0.264 e. The molecule has 0 aliphatic carbocycles. The van der Waals surface area contributed by atoms with Crippen LogP contribution in [0.1, 0.15) is 0 Å². The number of hydrogen-bond donors (Lipinski definition) is 0. The van der Waals surface area contributed by atoms with Gasteiger partial charge in [-0.1, -0.05) is 170 Å². The Hall–Kier alpha value is -6.57. The molecule has 0 aliphatic rings. The monoisotopic (exact) mass is 635 g/mol. The van der Waals surface area contributed by atoms with Crippen LogP contribution in [0.15, 0.2) is 200 Å². The highest BCUT2D eigenvalue weighted by Crippen LogP contribution is 2.46. The van der Waals surface area contributed by atoms with Crippen LogP contribution in [0.25, 0.3) is 88.3 Å². The lowest BCUT2D eigenvalue weighted by Gasteiger charge is -2.20. The minimum Gasteiger partial charge on any atom is -0.264 e. The average Bonchev–Trinajstić information content (AvgIpc) is 3.21. The summed E-state index contributed by atoms with van der Waals surface area (Å²) in [4.78, 5) is 4.71. The zero-order valence-electron chi connectivity index (χ0n) is 27.5. The maximum absolute atomic E-state index is 4.71. The van der Waals surface area contributed by atoms with Crippen molar-refractivity contribution >= 4 is 21.5 Å². The minimum atomic E-state index is 1.14. The third kappa shape index (κ3) is 5.26. The van der Waals surface area contributed by atoms with Gasteiger partial charge in [-0.3, -0.25) is 4.98 Å². The second-order valence-corrected chi connectivity index (χ2v) is 12.7. The molecule has 9 aromatic rings. The summed E-state index contributed by atoms with van der Waals surface area (Å²) in [6.07, 6.45) is 3.97. The molecule has 0 unspecified atom stereocenters. The van der Waals surface area contributed by atoms with Gasteiger partial charge in [-0.25, -0.2) is 0 Å².